The Morgan fingerprint density at radius 3 is 2.74 bits per heavy atom. The Bertz CT molecular complexity index is 1300. The fraction of sp³-hybridized carbons (Fsp3) is 0.391. The molecule has 178 valence electrons. The molecule has 7 nitrogen and oxygen atoms in total. The van der Waals surface area contributed by atoms with E-state index in [9.17, 15) is 23.1 Å². The molecule has 2 aromatic carbocycles. The number of fused-ring (bicyclic) bond motifs is 2. The third-order valence-corrected chi connectivity index (χ3v) is 7.15. The van der Waals surface area contributed by atoms with Crippen molar-refractivity contribution in [1.29, 1.82) is 0 Å². The van der Waals surface area contributed by atoms with E-state index >= 15 is 0 Å². The quantitative estimate of drug-likeness (QED) is 0.568. The summed E-state index contributed by atoms with van der Waals surface area (Å²) < 4.78 is 49.1. The molecule has 7 rings (SSSR count). The number of aromatic nitrogens is 2. The molecule has 3 aliphatic carbocycles. The summed E-state index contributed by atoms with van der Waals surface area (Å²) in [7, 11) is 0. The molecule has 2 bridgehead atoms. The van der Waals surface area contributed by atoms with Crippen LogP contribution < -0.4 is 14.8 Å². The van der Waals surface area contributed by atoms with Gasteiger partial charge >= 0.3 is 6.36 Å². The molecule has 11 heteroatoms. The topological polar surface area (TPSA) is 85.6 Å². The van der Waals surface area contributed by atoms with Gasteiger partial charge < -0.3 is 19.9 Å². The minimum atomic E-state index is -4.75. The molecular formula is C23H19ClF3N3O4. The fourth-order valence-corrected chi connectivity index (χ4v) is 5.65. The molecule has 0 spiro atoms. The fourth-order valence-electron chi connectivity index (χ4n) is 5.47. The summed E-state index contributed by atoms with van der Waals surface area (Å²) >= 11 is 5.98. The van der Waals surface area contributed by atoms with Gasteiger partial charge in [-0.1, -0.05) is 11.6 Å². The molecule has 2 heterocycles. The number of nitrogens with zero attached hydrogens (tertiary/aromatic N) is 2. The van der Waals surface area contributed by atoms with Gasteiger partial charge in [-0.15, -0.1) is 13.2 Å². The first-order valence-corrected chi connectivity index (χ1v) is 11.1. The number of hydrogen-bond donors (Lipinski definition) is 2. The van der Waals surface area contributed by atoms with Crippen molar-refractivity contribution in [3.63, 3.8) is 0 Å². The van der Waals surface area contributed by atoms with Gasteiger partial charge in [0.15, 0.2) is 6.10 Å². The maximum absolute atomic E-state index is 12.9. The Balaban J connectivity index is 1.12. The van der Waals surface area contributed by atoms with Gasteiger partial charge in [0, 0.05) is 34.1 Å². The van der Waals surface area contributed by atoms with Gasteiger partial charge in [-0.3, -0.25) is 9.48 Å². The molecule has 1 aromatic heterocycles. The van der Waals surface area contributed by atoms with Crippen LogP contribution >= 0.6 is 11.6 Å². The van der Waals surface area contributed by atoms with E-state index < -0.39 is 18.6 Å². The van der Waals surface area contributed by atoms with Crippen LogP contribution in [0.4, 0.5) is 13.2 Å². The van der Waals surface area contributed by atoms with E-state index in [-0.39, 0.29) is 29.2 Å². The number of halogens is 4. The Kier molecular flexibility index (Phi) is 4.45. The summed E-state index contributed by atoms with van der Waals surface area (Å²) in [5.41, 5.74) is 0.499. The number of carbonyl (C=O) groups is 1. The third kappa shape index (κ3) is 3.47. The van der Waals surface area contributed by atoms with Gasteiger partial charge in [0.1, 0.15) is 11.5 Å². The van der Waals surface area contributed by atoms with Crippen LogP contribution in [0.3, 0.4) is 0 Å². The molecule has 3 fully saturated rings. The summed E-state index contributed by atoms with van der Waals surface area (Å²) in [4.78, 5) is 12.9. The Morgan fingerprint density at radius 1 is 1.24 bits per heavy atom. The van der Waals surface area contributed by atoms with E-state index in [4.69, 9.17) is 16.3 Å². The average molecular weight is 494 g/mol. The summed E-state index contributed by atoms with van der Waals surface area (Å²) in [6.45, 7) is 0. The summed E-state index contributed by atoms with van der Waals surface area (Å²) in [5.74, 6) is -0.138. The van der Waals surface area contributed by atoms with Crippen LogP contribution in [0.15, 0.2) is 42.6 Å². The van der Waals surface area contributed by atoms with Crippen LogP contribution in [-0.4, -0.2) is 38.8 Å². The second-order valence-corrected chi connectivity index (χ2v) is 9.84. The lowest BCUT2D eigenvalue weighted by atomic mass is 9.44. The molecule has 4 aliphatic rings. The van der Waals surface area contributed by atoms with Crippen molar-refractivity contribution in [2.75, 3.05) is 0 Å². The zero-order valence-electron chi connectivity index (χ0n) is 17.6. The molecule has 0 radical (unpaired) electrons. The number of alkyl halides is 3. The summed E-state index contributed by atoms with van der Waals surface area (Å²) in [6.07, 6.45) is -2.59. The lowest BCUT2D eigenvalue weighted by Crippen LogP contribution is -2.79. The first kappa shape index (κ1) is 21.5. The number of hydrogen-bond acceptors (Lipinski definition) is 5. The van der Waals surface area contributed by atoms with E-state index in [1.807, 2.05) is 0 Å². The minimum Gasteiger partial charge on any atom is -0.480 e. The number of ether oxygens (including phenoxy) is 2. The summed E-state index contributed by atoms with van der Waals surface area (Å²) in [6, 6.07) is 8.96. The Morgan fingerprint density at radius 2 is 2.00 bits per heavy atom. The lowest BCUT2D eigenvalue weighted by Gasteiger charge is -2.70. The monoisotopic (exact) mass is 493 g/mol. The highest BCUT2D eigenvalue weighted by molar-refractivity contribution is 6.30. The molecule has 2 N–H and O–H groups in total. The largest absolute Gasteiger partial charge is 0.573 e. The molecule has 2 atom stereocenters. The van der Waals surface area contributed by atoms with Crippen molar-refractivity contribution in [3.05, 3.63) is 53.2 Å². The maximum atomic E-state index is 12.9. The van der Waals surface area contributed by atoms with Gasteiger partial charge in [0.2, 0.25) is 0 Å². The van der Waals surface area contributed by atoms with Crippen LogP contribution in [0, 0.1) is 0 Å². The first-order chi connectivity index (χ1) is 16.0. The molecule has 34 heavy (non-hydrogen) atoms. The van der Waals surface area contributed by atoms with Crippen molar-refractivity contribution in [1.82, 2.24) is 15.1 Å². The van der Waals surface area contributed by atoms with Gasteiger partial charge in [0.25, 0.3) is 5.91 Å². The van der Waals surface area contributed by atoms with Gasteiger partial charge in [-0.05, 0) is 55.7 Å². The van der Waals surface area contributed by atoms with E-state index in [1.165, 1.54) is 18.2 Å². The molecule has 0 unspecified atom stereocenters. The molecule has 3 saturated carbocycles. The SMILES string of the molecule is O=C(NC12CC(n3cc4cc(OC(F)(F)F)ccc4n3)(C1)C2)[C@H]1C[C@@H](O)c2cc(Cl)ccc2O1. The van der Waals surface area contributed by atoms with Crippen molar-refractivity contribution >= 4 is 28.4 Å². The molecule has 1 aliphatic heterocycles. The van der Waals surface area contributed by atoms with Crippen molar-refractivity contribution in [2.45, 2.75) is 55.3 Å². The van der Waals surface area contributed by atoms with Gasteiger partial charge in [0.05, 0.1) is 17.2 Å². The zero-order chi connectivity index (χ0) is 23.9. The zero-order valence-corrected chi connectivity index (χ0v) is 18.4. The van der Waals surface area contributed by atoms with E-state index in [0.717, 1.165) is 0 Å². The number of nitrogens with one attached hydrogen (secondary N) is 1. The van der Waals surface area contributed by atoms with E-state index in [2.05, 4.69) is 15.2 Å². The molecule has 3 aromatic rings. The Labute approximate surface area is 196 Å². The number of rotatable bonds is 4. The predicted molar refractivity (Wildman–Crippen MR) is 115 cm³/mol. The number of amides is 1. The van der Waals surface area contributed by atoms with Crippen LogP contribution in [0.1, 0.15) is 37.4 Å². The number of aliphatic hydroxyl groups excluding tert-OH is 1. The maximum Gasteiger partial charge on any atom is 0.573 e. The lowest BCUT2D eigenvalue weighted by molar-refractivity contribution is -0.274. The third-order valence-electron chi connectivity index (χ3n) is 6.92. The van der Waals surface area contributed by atoms with Crippen LogP contribution in [0.5, 0.6) is 11.5 Å². The minimum absolute atomic E-state index is 0.132. The Hall–Kier alpha value is -2.98. The molecule has 1 amide bonds. The van der Waals surface area contributed by atoms with Crippen LogP contribution in [-0.2, 0) is 10.3 Å². The number of benzene rings is 2. The normalized spacial score (nSPS) is 29.4. The van der Waals surface area contributed by atoms with Crippen molar-refractivity contribution in [3.8, 4) is 11.5 Å². The molecule has 0 saturated heterocycles. The first-order valence-electron chi connectivity index (χ1n) is 10.8. The average Bonchev–Trinajstić information content (AvgIpc) is 3.11. The van der Waals surface area contributed by atoms with Crippen molar-refractivity contribution in [2.24, 2.45) is 0 Å². The van der Waals surface area contributed by atoms with Crippen LogP contribution in [0.2, 0.25) is 5.02 Å². The van der Waals surface area contributed by atoms with E-state index in [0.29, 0.717) is 46.5 Å². The number of aliphatic hydroxyl groups is 1. The highest BCUT2D eigenvalue weighted by atomic mass is 35.5. The van der Waals surface area contributed by atoms with Gasteiger partial charge in [-0.2, -0.15) is 5.10 Å². The highest BCUT2D eigenvalue weighted by Gasteiger charge is 2.70. The second kappa shape index (κ2) is 7.02. The van der Waals surface area contributed by atoms with Crippen LogP contribution in [0.25, 0.3) is 10.9 Å². The van der Waals surface area contributed by atoms with Crippen molar-refractivity contribution < 1.29 is 32.5 Å². The predicted octanol–water partition coefficient (Wildman–Crippen LogP) is 4.22. The smallest absolute Gasteiger partial charge is 0.480 e. The number of carbonyl (C=O) groups excluding carboxylic acids is 1. The molecular weight excluding hydrogens is 475 g/mol. The summed E-state index contributed by atoms with van der Waals surface area (Å²) in [5, 5.41) is 19.0. The van der Waals surface area contributed by atoms with Gasteiger partial charge in [-0.25, -0.2) is 0 Å². The standard InChI is InChI=1S/C23H19ClF3N3O4/c24-13-1-4-18-15(6-13)17(31)7-19(33-18)20(32)28-21-9-22(10-21,11-21)30-8-12-5-14(34-23(25,26)27)2-3-16(12)29-30/h1-6,8,17,19,31H,7,9-11H2,(H,28,32)/t17-,19-,21?,22?/m1/s1. The van der Waals surface area contributed by atoms with E-state index in [1.54, 1.807) is 29.1 Å². The highest BCUT2D eigenvalue weighted by Crippen LogP contribution is 2.65. The second-order valence-electron chi connectivity index (χ2n) is 9.41.